The molecule has 206 valence electrons. The Bertz CT molecular complexity index is 1330. The largest absolute Gasteiger partial charge is 0.480 e. The topological polar surface area (TPSA) is 158 Å². The van der Waals surface area contributed by atoms with Crippen molar-refractivity contribution in [1.82, 2.24) is 20.5 Å². The Balaban J connectivity index is 1.53. The van der Waals surface area contributed by atoms with Gasteiger partial charge in [0.1, 0.15) is 18.1 Å². The Labute approximate surface area is 231 Å². The summed E-state index contributed by atoms with van der Waals surface area (Å²) >= 11 is 4.09. The van der Waals surface area contributed by atoms with Crippen LogP contribution in [0.25, 0.3) is 10.9 Å². The second-order valence-electron chi connectivity index (χ2n) is 9.69. The quantitative estimate of drug-likeness (QED) is 0.197. The molecule has 4 rings (SSSR count). The summed E-state index contributed by atoms with van der Waals surface area (Å²) in [5.41, 5.74) is 8.36. The summed E-state index contributed by atoms with van der Waals surface area (Å²) in [6.45, 7) is 0.312. The molecule has 6 N–H and O–H groups in total. The van der Waals surface area contributed by atoms with Crippen LogP contribution in [-0.2, 0) is 32.0 Å². The van der Waals surface area contributed by atoms with E-state index in [1.54, 1.807) is 30.5 Å². The second kappa shape index (κ2) is 12.8. The first kappa shape index (κ1) is 28.2. The molecule has 0 aliphatic carbocycles. The van der Waals surface area contributed by atoms with Crippen molar-refractivity contribution < 1.29 is 24.3 Å². The molecule has 11 heteroatoms. The number of carboxylic acid groups (broad SMARTS) is 1. The van der Waals surface area contributed by atoms with E-state index in [1.165, 1.54) is 4.90 Å². The van der Waals surface area contributed by atoms with Gasteiger partial charge in [-0.2, -0.15) is 12.6 Å². The first-order valence-corrected chi connectivity index (χ1v) is 13.5. The highest BCUT2D eigenvalue weighted by molar-refractivity contribution is 7.80. The third-order valence-electron chi connectivity index (χ3n) is 6.98. The van der Waals surface area contributed by atoms with Crippen LogP contribution in [0.2, 0.25) is 0 Å². The van der Waals surface area contributed by atoms with E-state index in [9.17, 15) is 24.3 Å². The molecule has 39 heavy (non-hydrogen) atoms. The number of aromatic nitrogens is 1. The van der Waals surface area contributed by atoms with Gasteiger partial charge in [0, 0.05) is 42.2 Å². The molecule has 1 aliphatic rings. The summed E-state index contributed by atoms with van der Waals surface area (Å²) < 4.78 is 0. The van der Waals surface area contributed by atoms with Gasteiger partial charge in [-0.1, -0.05) is 48.5 Å². The van der Waals surface area contributed by atoms with E-state index in [4.69, 9.17) is 5.73 Å². The van der Waals surface area contributed by atoms with Gasteiger partial charge in [-0.3, -0.25) is 14.4 Å². The lowest BCUT2D eigenvalue weighted by atomic mass is 10.0. The Kier molecular flexibility index (Phi) is 9.26. The maximum absolute atomic E-state index is 13.8. The lowest BCUT2D eigenvalue weighted by molar-refractivity contribution is -0.144. The van der Waals surface area contributed by atoms with Crippen LogP contribution in [0.3, 0.4) is 0 Å². The number of hydrogen-bond acceptors (Lipinski definition) is 6. The number of amides is 3. The van der Waals surface area contributed by atoms with Gasteiger partial charge in [-0.15, -0.1) is 0 Å². The van der Waals surface area contributed by atoms with E-state index in [2.05, 4.69) is 28.2 Å². The van der Waals surface area contributed by atoms with Gasteiger partial charge in [0.15, 0.2) is 0 Å². The normalized spacial score (nSPS) is 17.4. The number of carboxylic acids is 1. The Morgan fingerprint density at radius 3 is 2.46 bits per heavy atom. The van der Waals surface area contributed by atoms with Crippen molar-refractivity contribution in [2.75, 3.05) is 12.3 Å². The number of likely N-dealkylation sites (tertiary alicyclic amines) is 1. The van der Waals surface area contributed by atoms with E-state index in [-0.39, 0.29) is 18.6 Å². The number of thiol groups is 1. The van der Waals surface area contributed by atoms with Crippen molar-refractivity contribution in [3.63, 3.8) is 0 Å². The molecule has 0 radical (unpaired) electrons. The number of aromatic amines is 1. The number of aliphatic carboxylic acids is 1. The van der Waals surface area contributed by atoms with Gasteiger partial charge in [-0.05, 0) is 30.0 Å². The zero-order valence-corrected chi connectivity index (χ0v) is 22.3. The molecular formula is C28H33N5O5S. The Morgan fingerprint density at radius 2 is 1.74 bits per heavy atom. The minimum Gasteiger partial charge on any atom is -0.480 e. The van der Waals surface area contributed by atoms with Gasteiger partial charge >= 0.3 is 5.97 Å². The molecule has 0 bridgehead atoms. The smallest absolute Gasteiger partial charge is 0.326 e. The summed E-state index contributed by atoms with van der Waals surface area (Å²) in [6, 6.07) is 12.8. The van der Waals surface area contributed by atoms with Crippen molar-refractivity contribution >= 4 is 47.2 Å². The fraction of sp³-hybridized carbons (Fsp3) is 0.357. The molecule has 1 aliphatic heterocycles. The highest BCUT2D eigenvalue weighted by atomic mass is 32.1. The highest BCUT2D eigenvalue weighted by Crippen LogP contribution is 2.23. The molecule has 0 spiro atoms. The molecule has 1 aromatic heterocycles. The predicted molar refractivity (Wildman–Crippen MR) is 150 cm³/mol. The van der Waals surface area contributed by atoms with Crippen molar-refractivity contribution in [2.24, 2.45) is 5.73 Å². The molecule has 2 aromatic carbocycles. The van der Waals surface area contributed by atoms with Crippen molar-refractivity contribution in [3.8, 4) is 0 Å². The molecule has 4 atom stereocenters. The lowest BCUT2D eigenvalue weighted by Gasteiger charge is -2.30. The maximum atomic E-state index is 13.8. The number of carbonyl (C=O) groups excluding carboxylic acids is 3. The second-order valence-corrected chi connectivity index (χ2v) is 10.1. The number of rotatable bonds is 11. The molecule has 1 saturated heterocycles. The van der Waals surface area contributed by atoms with E-state index in [0.29, 0.717) is 19.4 Å². The lowest BCUT2D eigenvalue weighted by Crippen LogP contribution is -2.57. The minimum atomic E-state index is -1.16. The maximum Gasteiger partial charge on any atom is 0.326 e. The third kappa shape index (κ3) is 6.79. The highest BCUT2D eigenvalue weighted by Gasteiger charge is 2.39. The number of hydrogen-bond donors (Lipinski definition) is 6. The number of nitrogens with one attached hydrogen (secondary N) is 3. The number of para-hydroxylation sites is 1. The van der Waals surface area contributed by atoms with Crippen LogP contribution in [0.1, 0.15) is 24.0 Å². The Hall–Kier alpha value is -3.83. The zero-order valence-electron chi connectivity index (χ0n) is 21.4. The number of H-pyrrole nitrogens is 1. The van der Waals surface area contributed by atoms with Crippen LogP contribution in [-0.4, -0.2) is 75.1 Å². The molecule has 2 heterocycles. The predicted octanol–water partition coefficient (Wildman–Crippen LogP) is 1.26. The summed E-state index contributed by atoms with van der Waals surface area (Å²) in [5, 5.41) is 16.0. The van der Waals surface area contributed by atoms with Crippen LogP contribution >= 0.6 is 12.6 Å². The Morgan fingerprint density at radius 1 is 1.03 bits per heavy atom. The first-order valence-electron chi connectivity index (χ1n) is 12.9. The number of benzene rings is 2. The van der Waals surface area contributed by atoms with Gasteiger partial charge in [-0.25, -0.2) is 4.79 Å². The number of nitrogens with two attached hydrogens (primary N) is 1. The average molecular weight is 552 g/mol. The van der Waals surface area contributed by atoms with Gasteiger partial charge in [0.05, 0.1) is 6.04 Å². The van der Waals surface area contributed by atoms with Crippen LogP contribution in [0, 0.1) is 0 Å². The standard InChI is InChI=1S/C28H33N5O5S/c29-20(16-39)25(34)31-22(14-18-15-30-21-10-5-4-9-19(18)21)27(36)33-12-6-11-24(33)26(35)32-23(28(37)38)13-17-7-2-1-3-8-17/h1-5,7-10,15,20,22-24,30,39H,6,11-14,16,29H2,(H,31,34)(H,32,35)(H,37,38). The number of nitrogens with zero attached hydrogens (tertiary/aromatic N) is 1. The molecule has 10 nitrogen and oxygen atoms in total. The van der Waals surface area contributed by atoms with Crippen LogP contribution < -0.4 is 16.4 Å². The van der Waals surface area contributed by atoms with Crippen LogP contribution in [0.5, 0.6) is 0 Å². The van der Waals surface area contributed by atoms with Crippen LogP contribution in [0.15, 0.2) is 60.8 Å². The zero-order chi connectivity index (χ0) is 27.9. The van der Waals surface area contributed by atoms with E-state index in [0.717, 1.165) is 22.0 Å². The first-order chi connectivity index (χ1) is 18.8. The SMILES string of the molecule is NC(CS)C(=O)NC(Cc1c[nH]c2ccccc12)C(=O)N1CCCC1C(=O)NC(Cc1ccccc1)C(=O)O. The number of carbonyl (C=O) groups is 4. The molecule has 1 fully saturated rings. The van der Waals surface area contributed by atoms with Crippen molar-refractivity contribution in [2.45, 2.75) is 49.9 Å². The van der Waals surface area contributed by atoms with Gasteiger partial charge < -0.3 is 31.4 Å². The summed E-state index contributed by atoms with van der Waals surface area (Å²) in [7, 11) is 0. The summed E-state index contributed by atoms with van der Waals surface area (Å²) in [4.78, 5) is 56.3. The van der Waals surface area contributed by atoms with Gasteiger partial charge in [0.2, 0.25) is 17.7 Å². The monoisotopic (exact) mass is 551 g/mol. The van der Waals surface area contributed by atoms with Gasteiger partial charge in [0.25, 0.3) is 0 Å². The third-order valence-corrected chi connectivity index (χ3v) is 7.38. The molecular weight excluding hydrogens is 518 g/mol. The minimum absolute atomic E-state index is 0.104. The number of fused-ring (bicyclic) bond motifs is 1. The average Bonchev–Trinajstić information content (AvgIpc) is 3.60. The fourth-order valence-electron chi connectivity index (χ4n) is 4.90. The summed E-state index contributed by atoms with van der Waals surface area (Å²) in [5.74, 6) is -2.53. The molecule has 4 unspecified atom stereocenters. The van der Waals surface area contributed by atoms with E-state index >= 15 is 0 Å². The molecule has 3 amide bonds. The molecule has 3 aromatic rings. The van der Waals surface area contributed by atoms with Crippen molar-refractivity contribution in [3.05, 3.63) is 71.9 Å². The van der Waals surface area contributed by atoms with Crippen LogP contribution in [0.4, 0.5) is 0 Å². The molecule has 0 saturated carbocycles. The van der Waals surface area contributed by atoms with Crippen molar-refractivity contribution in [1.29, 1.82) is 0 Å². The fourth-order valence-corrected chi connectivity index (χ4v) is 5.07. The summed E-state index contributed by atoms with van der Waals surface area (Å²) in [6.07, 6.45) is 3.06. The van der Waals surface area contributed by atoms with E-state index < -0.39 is 47.9 Å². The van der Waals surface area contributed by atoms with E-state index in [1.807, 2.05) is 30.3 Å².